The monoisotopic (exact) mass is 310 g/mol. The minimum absolute atomic E-state index is 0.0390. The van der Waals surface area contributed by atoms with Gasteiger partial charge in [-0.05, 0) is 25.8 Å². The van der Waals surface area contributed by atoms with Crippen LogP contribution in [-0.4, -0.2) is 55.6 Å². The van der Waals surface area contributed by atoms with Crippen molar-refractivity contribution in [3.8, 4) is 0 Å². The van der Waals surface area contributed by atoms with Crippen LogP contribution >= 0.6 is 11.8 Å². The Labute approximate surface area is 128 Å². The van der Waals surface area contributed by atoms with Gasteiger partial charge >= 0.3 is 5.97 Å². The summed E-state index contributed by atoms with van der Waals surface area (Å²) >= 11 is 1.29. The summed E-state index contributed by atoms with van der Waals surface area (Å²) in [7, 11) is 0. The molecule has 2 aliphatic rings. The van der Waals surface area contributed by atoms with Gasteiger partial charge in [0.05, 0.1) is 11.8 Å². The Morgan fingerprint density at radius 2 is 2.14 bits per heavy atom. The minimum Gasteiger partial charge on any atom is -0.481 e. The summed E-state index contributed by atoms with van der Waals surface area (Å²) in [5.41, 5.74) is 0. The van der Waals surface area contributed by atoms with E-state index in [2.05, 4.69) is 33.5 Å². The molecule has 0 amide bonds. The zero-order valence-electron chi connectivity index (χ0n) is 12.5. The number of nitrogens with zero attached hydrogens (tertiary/aromatic N) is 4. The van der Waals surface area contributed by atoms with Gasteiger partial charge in [0.1, 0.15) is 5.82 Å². The van der Waals surface area contributed by atoms with Crippen molar-refractivity contribution in [3.05, 3.63) is 5.82 Å². The molecule has 0 spiro atoms. The first-order valence-electron chi connectivity index (χ1n) is 7.61. The summed E-state index contributed by atoms with van der Waals surface area (Å²) in [5.74, 6) is 0.514. The number of hydrogen-bond donors (Lipinski definition) is 1. The van der Waals surface area contributed by atoms with Crippen LogP contribution in [0.4, 0.5) is 0 Å². The van der Waals surface area contributed by atoms with Crippen LogP contribution in [0.5, 0.6) is 0 Å². The molecule has 2 saturated heterocycles. The van der Waals surface area contributed by atoms with Crippen molar-refractivity contribution in [1.82, 2.24) is 19.7 Å². The third kappa shape index (κ3) is 2.81. The van der Waals surface area contributed by atoms with E-state index in [1.165, 1.54) is 31.1 Å². The summed E-state index contributed by atoms with van der Waals surface area (Å²) in [6.45, 7) is 6.56. The van der Waals surface area contributed by atoms with E-state index in [0.29, 0.717) is 18.0 Å². The molecular formula is C14H22N4O2S. The molecule has 7 heteroatoms. The van der Waals surface area contributed by atoms with Crippen molar-refractivity contribution < 1.29 is 9.90 Å². The number of carboxylic acid groups (broad SMARTS) is 1. The molecular weight excluding hydrogens is 288 g/mol. The highest BCUT2D eigenvalue weighted by atomic mass is 32.2. The zero-order chi connectivity index (χ0) is 15.0. The van der Waals surface area contributed by atoms with Gasteiger partial charge in [-0.15, -0.1) is 10.2 Å². The number of carbonyl (C=O) groups is 1. The number of carboxylic acids is 1. The van der Waals surface area contributed by atoms with Gasteiger partial charge in [0.2, 0.25) is 0 Å². The van der Waals surface area contributed by atoms with Crippen LogP contribution in [0, 0.1) is 0 Å². The van der Waals surface area contributed by atoms with E-state index in [0.717, 1.165) is 23.9 Å². The second-order valence-electron chi connectivity index (χ2n) is 6.15. The van der Waals surface area contributed by atoms with Gasteiger partial charge in [0, 0.05) is 18.5 Å². The third-order valence-corrected chi connectivity index (χ3v) is 5.36. The lowest BCUT2D eigenvalue weighted by molar-refractivity contribution is -0.133. The van der Waals surface area contributed by atoms with E-state index < -0.39 is 5.97 Å². The van der Waals surface area contributed by atoms with E-state index in [9.17, 15) is 4.79 Å². The maximum atomic E-state index is 10.8. The number of rotatable bonds is 5. The molecule has 2 unspecified atom stereocenters. The van der Waals surface area contributed by atoms with Crippen LogP contribution in [0.3, 0.4) is 0 Å². The normalized spacial score (nSPS) is 25.7. The predicted molar refractivity (Wildman–Crippen MR) is 80.7 cm³/mol. The van der Waals surface area contributed by atoms with Crippen molar-refractivity contribution in [3.63, 3.8) is 0 Å². The first kappa shape index (κ1) is 14.8. The summed E-state index contributed by atoms with van der Waals surface area (Å²) in [6.07, 6.45) is 3.60. The summed E-state index contributed by atoms with van der Waals surface area (Å²) in [6, 6.07) is 0.971. The Bertz CT molecular complexity index is 531. The van der Waals surface area contributed by atoms with Crippen LogP contribution < -0.4 is 0 Å². The lowest BCUT2D eigenvalue weighted by atomic mass is 10.1. The van der Waals surface area contributed by atoms with E-state index in [1.807, 2.05) is 0 Å². The second-order valence-corrected chi connectivity index (χ2v) is 7.09. The Morgan fingerprint density at radius 1 is 1.33 bits per heavy atom. The van der Waals surface area contributed by atoms with Crippen LogP contribution in [0.15, 0.2) is 5.16 Å². The van der Waals surface area contributed by atoms with Gasteiger partial charge in [-0.2, -0.15) is 0 Å². The van der Waals surface area contributed by atoms with Crippen LogP contribution in [-0.2, 0) is 4.79 Å². The average Bonchev–Trinajstić information content (AvgIpc) is 3.10. The standard InChI is InChI=1S/C14H22N4O2S/c1-9(2)13-15-16-14(21-8-12(19)20)18(13)11-5-7-17-6-3-4-10(11)17/h9-11H,3-8H2,1-2H3,(H,19,20). The maximum Gasteiger partial charge on any atom is 0.313 e. The molecule has 0 radical (unpaired) electrons. The smallest absolute Gasteiger partial charge is 0.313 e. The van der Waals surface area contributed by atoms with Crippen LogP contribution in [0.1, 0.15) is 50.9 Å². The fraction of sp³-hybridized carbons (Fsp3) is 0.786. The van der Waals surface area contributed by atoms with Crippen molar-refractivity contribution in [2.75, 3.05) is 18.8 Å². The largest absolute Gasteiger partial charge is 0.481 e. The quantitative estimate of drug-likeness (QED) is 0.839. The Balaban J connectivity index is 1.90. The van der Waals surface area contributed by atoms with E-state index in [4.69, 9.17) is 5.11 Å². The van der Waals surface area contributed by atoms with E-state index in [-0.39, 0.29) is 5.75 Å². The molecule has 3 rings (SSSR count). The van der Waals surface area contributed by atoms with Gasteiger partial charge in [0.25, 0.3) is 0 Å². The highest BCUT2D eigenvalue weighted by Gasteiger charge is 2.40. The lowest BCUT2D eigenvalue weighted by Crippen LogP contribution is -2.29. The first-order valence-corrected chi connectivity index (χ1v) is 8.60. The number of hydrogen-bond acceptors (Lipinski definition) is 5. The molecule has 6 nitrogen and oxygen atoms in total. The summed E-state index contributed by atoms with van der Waals surface area (Å²) in [4.78, 5) is 13.4. The van der Waals surface area contributed by atoms with Gasteiger partial charge < -0.3 is 9.67 Å². The second kappa shape index (κ2) is 5.96. The lowest BCUT2D eigenvalue weighted by Gasteiger charge is -2.24. The molecule has 21 heavy (non-hydrogen) atoms. The highest BCUT2D eigenvalue weighted by molar-refractivity contribution is 7.99. The number of aliphatic carboxylic acids is 1. The van der Waals surface area contributed by atoms with Crippen molar-refractivity contribution in [1.29, 1.82) is 0 Å². The Hall–Kier alpha value is -1.08. The van der Waals surface area contributed by atoms with Gasteiger partial charge in [-0.1, -0.05) is 25.6 Å². The fourth-order valence-corrected chi connectivity index (χ4v) is 4.29. The van der Waals surface area contributed by atoms with Crippen molar-refractivity contribution in [2.24, 2.45) is 0 Å². The van der Waals surface area contributed by atoms with Crippen molar-refractivity contribution in [2.45, 2.75) is 56.3 Å². The fourth-order valence-electron chi connectivity index (χ4n) is 3.58. The molecule has 3 heterocycles. The molecule has 1 aromatic heterocycles. The minimum atomic E-state index is -0.811. The molecule has 0 aliphatic carbocycles. The van der Waals surface area contributed by atoms with Gasteiger partial charge in [-0.25, -0.2) is 0 Å². The molecule has 116 valence electrons. The predicted octanol–water partition coefficient (Wildman–Crippen LogP) is 1.99. The van der Waals surface area contributed by atoms with Gasteiger partial charge in [-0.3, -0.25) is 9.69 Å². The third-order valence-electron chi connectivity index (χ3n) is 4.43. The number of fused-ring (bicyclic) bond motifs is 1. The summed E-state index contributed by atoms with van der Waals surface area (Å²) < 4.78 is 2.23. The molecule has 0 bridgehead atoms. The average molecular weight is 310 g/mol. The molecule has 1 aromatic rings. The van der Waals surface area contributed by atoms with E-state index in [1.54, 1.807) is 0 Å². The van der Waals surface area contributed by atoms with Crippen LogP contribution in [0.2, 0.25) is 0 Å². The molecule has 2 atom stereocenters. The number of thioether (sulfide) groups is 1. The summed E-state index contributed by atoms with van der Waals surface area (Å²) in [5, 5.41) is 18.3. The molecule has 2 fully saturated rings. The van der Waals surface area contributed by atoms with E-state index >= 15 is 0 Å². The molecule has 0 aromatic carbocycles. The first-order chi connectivity index (χ1) is 10.1. The topological polar surface area (TPSA) is 71.2 Å². The molecule has 0 saturated carbocycles. The molecule has 1 N–H and O–H groups in total. The highest BCUT2D eigenvalue weighted by Crippen LogP contribution is 2.39. The Morgan fingerprint density at radius 3 is 2.86 bits per heavy atom. The molecule has 2 aliphatic heterocycles. The maximum absolute atomic E-state index is 10.8. The Kier molecular flexibility index (Phi) is 4.21. The SMILES string of the molecule is CC(C)c1nnc(SCC(=O)O)n1C1CCN2CCCC12. The van der Waals surface area contributed by atoms with Gasteiger partial charge in [0.15, 0.2) is 5.16 Å². The van der Waals surface area contributed by atoms with Crippen LogP contribution in [0.25, 0.3) is 0 Å². The zero-order valence-corrected chi connectivity index (χ0v) is 13.3. The number of aromatic nitrogens is 3. The van der Waals surface area contributed by atoms with Crippen molar-refractivity contribution >= 4 is 17.7 Å².